The smallest absolute Gasteiger partial charge is 0.336 e. The molecule has 0 aromatic heterocycles. The molecule has 0 heterocycles. The van der Waals surface area contributed by atoms with E-state index >= 15 is 0 Å². The normalized spacial score (nSPS) is 10.4. The van der Waals surface area contributed by atoms with E-state index in [0.29, 0.717) is 15.6 Å². The molecule has 0 spiro atoms. The Morgan fingerprint density at radius 3 is 2.50 bits per heavy atom. The van der Waals surface area contributed by atoms with Crippen LogP contribution in [0.5, 0.6) is 0 Å². The fourth-order valence-corrected chi connectivity index (χ4v) is 2.23. The first-order valence-corrected chi connectivity index (χ1v) is 6.14. The molecule has 0 saturated carbocycles. The summed E-state index contributed by atoms with van der Waals surface area (Å²) in [6, 6.07) is 8.86. The molecule has 0 amide bonds. The lowest BCUT2D eigenvalue weighted by atomic mass is 10.0. The largest absolute Gasteiger partial charge is 0.478 e. The molecule has 0 radical (unpaired) electrons. The summed E-state index contributed by atoms with van der Waals surface area (Å²) in [7, 11) is 0. The highest BCUT2D eigenvalue weighted by Crippen LogP contribution is 2.28. The van der Waals surface area contributed by atoms with Crippen molar-refractivity contribution in [1.29, 1.82) is 0 Å². The van der Waals surface area contributed by atoms with Crippen LogP contribution in [0.1, 0.15) is 10.4 Å². The van der Waals surface area contributed by atoms with Gasteiger partial charge in [-0.3, -0.25) is 0 Å². The van der Waals surface area contributed by atoms with Gasteiger partial charge in [0.2, 0.25) is 0 Å². The van der Waals surface area contributed by atoms with Crippen LogP contribution in [-0.4, -0.2) is 11.1 Å². The van der Waals surface area contributed by atoms with E-state index in [1.807, 2.05) is 0 Å². The second-order valence-corrected chi connectivity index (χ2v) is 4.95. The molecule has 18 heavy (non-hydrogen) atoms. The molecule has 0 saturated heterocycles. The average Bonchev–Trinajstić information content (AvgIpc) is 2.27. The summed E-state index contributed by atoms with van der Waals surface area (Å²) in [5.74, 6) is -1.51. The molecular formula is C13H7BrClFO2. The van der Waals surface area contributed by atoms with E-state index in [0.717, 1.165) is 0 Å². The fraction of sp³-hybridized carbons (Fsp3) is 0. The second-order valence-electron chi connectivity index (χ2n) is 3.66. The Kier molecular flexibility index (Phi) is 3.68. The van der Waals surface area contributed by atoms with Gasteiger partial charge in [0.05, 0.1) is 5.56 Å². The summed E-state index contributed by atoms with van der Waals surface area (Å²) < 4.78 is 13.7. The average molecular weight is 330 g/mol. The van der Waals surface area contributed by atoms with Crippen LogP contribution in [0.3, 0.4) is 0 Å². The highest BCUT2D eigenvalue weighted by Gasteiger charge is 2.10. The van der Waals surface area contributed by atoms with Crippen LogP contribution in [0.15, 0.2) is 40.9 Å². The van der Waals surface area contributed by atoms with Crippen molar-refractivity contribution in [3.05, 3.63) is 57.3 Å². The van der Waals surface area contributed by atoms with Crippen molar-refractivity contribution in [3.8, 4) is 11.1 Å². The Morgan fingerprint density at radius 2 is 1.89 bits per heavy atom. The number of aromatic carboxylic acids is 1. The van der Waals surface area contributed by atoms with Gasteiger partial charge in [-0.1, -0.05) is 17.7 Å². The Balaban J connectivity index is 2.57. The third kappa shape index (κ3) is 2.71. The maximum atomic E-state index is 13.2. The maximum absolute atomic E-state index is 13.2. The summed E-state index contributed by atoms with van der Waals surface area (Å²) in [5, 5.41) is 9.28. The lowest BCUT2D eigenvalue weighted by molar-refractivity contribution is 0.0696. The van der Waals surface area contributed by atoms with E-state index in [2.05, 4.69) is 15.9 Å². The van der Waals surface area contributed by atoms with Gasteiger partial charge in [0, 0.05) is 9.50 Å². The van der Waals surface area contributed by atoms with Crippen molar-refractivity contribution >= 4 is 33.5 Å². The summed E-state index contributed by atoms with van der Waals surface area (Å²) in [5.41, 5.74) is 1.25. The number of hydrogen-bond acceptors (Lipinski definition) is 1. The molecule has 0 bridgehead atoms. The van der Waals surface area contributed by atoms with Crippen molar-refractivity contribution in [2.24, 2.45) is 0 Å². The van der Waals surface area contributed by atoms with Crippen molar-refractivity contribution in [1.82, 2.24) is 0 Å². The monoisotopic (exact) mass is 328 g/mol. The SMILES string of the molecule is O=C(O)c1cc(-c2cc(F)cc(Cl)c2)ccc1Br. The predicted octanol–water partition coefficient (Wildman–Crippen LogP) is 4.61. The predicted molar refractivity (Wildman–Crippen MR) is 71.5 cm³/mol. The van der Waals surface area contributed by atoms with Crippen molar-refractivity contribution < 1.29 is 14.3 Å². The van der Waals surface area contributed by atoms with Gasteiger partial charge < -0.3 is 5.11 Å². The first-order chi connectivity index (χ1) is 8.47. The van der Waals surface area contributed by atoms with E-state index < -0.39 is 11.8 Å². The van der Waals surface area contributed by atoms with Crippen LogP contribution in [-0.2, 0) is 0 Å². The molecule has 0 aliphatic rings. The number of halogens is 3. The zero-order chi connectivity index (χ0) is 13.3. The second kappa shape index (κ2) is 5.08. The molecule has 0 unspecified atom stereocenters. The van der Waals surface area contributed by atoms with Crippen LogP contribution in [0.2, 0.25) is 5.02 Å². The molecule has 1 N–H and O–H groups in total. The van der Waals surface area contributed by atoms with Gasteiger partial charge in [-0.15, -0.1) is 0 Å². The molecule has 2 aromatic rings. The third-order valence-electron chi connectivity index (χ3n) is 2.39. The van der Waals surface area contributed by atoms with E-state index in [4.69, 9.17) is 16.7 Å². The first-order valence-electron chi connectivity index (χ1n) is 4.96. The van der Waals surface area contributed by atoms with Gasteiger partial charge >= 0.3 is 5.97 Å². The van der Waals surface area contributed by atoms with Crippen molar-refractivity contribution in [2.45, 2.75) is 0 Å². The number of rotatable bonds is 2. The molecule has 92 valence electrons. The lowest BCUT2D eigenvalue weighted by Gasteiger charge is -2.06. The highest BCUT2D eigenvalue weighted by atomic mass is 79.9. The summed E-state index contributed by atoms with van der Waals surface area (Å²) >= 11 is 8.92. The standard InChI is InChI=1S/C13H7BrClFO2/c14-12-2-1-7(5-11(12)13(17)18)8-3-9(15)6-10(16)4-8/h1-6H,(H,17,18). The Hall–Kier alpha value is -1.39. The Labute approximate surface area is 116 Å². The summed E-state index contributed by atoms with van der Waals surface area (Å²) in [6.45, 7) is 0. The first kappa shape index (κ1) is 13.1. The topological polar surface area (TPSA) is 37.3 Å². The van der Waals surface area contributed by atoms with Gasteiger partial charge in [-0.05, 0) is 57.4 Å². The molecule has 0 fully saturated rings. The van der Waals surface area contributed by atoms with Gasteiger partial charge in [0.25, 0.3) is 0 Å². The van der Waals surface area contributed by atoms with Crippen LogP contribution in [0, 0.1) is 5.82 Å². The van der Waals surface area contributed by atoms with E-state index in [1.165, 1.54) is 18.2 Å². The molecule has 2 aromatic carbocycles. The van der Waals surface area contributed by atoms with Crippen LogP contribution < -0.4 is 0 Å². The zero-order valence-corrected chi connectivity index (χ0v) is 11.3. The third-order valence-corrected chi connectivity index (χ3v) is 3.30. The quantitative estimate of drug-likeness (QED) is 0.874. The van der Waals surface area contributed by atoms with E-state index in [1.54, 1.807) is 18.2 Å². The molecular weight excluding hydrogens is 322 g/mol. The molecule has 2 nitrogen and oxygen atoms in total. The summed E-state index contributed by atoms with van der Waals surface area (Å²) in [4.78, 5) is 11.0. The maximum Gasteiger partial charge on any atom is 0.336 e. The minimum absolute atomic E-state index is 0.118. The van der Waals surface area contributed by atoms with E-state index in [-0.39, 0.29) is 10.6 Å². The molecule has 5 heteroatoms. The molecule has 2 rings (SSSR count). The van der Waals surface area contributed by atoms with Gasteiger partial charge in [0.1, 0.15) is 5.82 Å². The van der Waals surface area contributed by atoms with Crippen LogP contribution in [0.4, 0.5) is 4.39 Å². The fourth-order valence-electron chi connectivity index (χ4n) is 1.59. The Bertz CT molecular complexity index is 608. The number of hydrogen-bond donors (Lipinski definition) is 1. The van der Waals surface area contributed by atoms with Crippen LogP contribution >= 0.6 is 27.5 Å². The Morgan fingerprint density at radius 1 is 1.17 bits per heavy atom. The number of carboxylic acids is 1. The van der Waals surface area contributed by atoms with Crippen LogP contribution in [0.25, 0.3) is 11.1 Å². The van der Waals surface area contributed by atoms with Gasteiger partial charge in [-0.2, -0.15) is 0 Å². The molecule has 0 atom stereocenters. The minimum atomic E-state index is -1.05. The molecule has 0 aliphatic heterocycles. The lowest BCUT2D eigenvalue weighted by Crippen LogP contribution is -1.97. The van der Waals surface area contributed by atoms with Gasteiger partial charge in [0.15, 0.2) is 0 Å². The highest BCUT2D eigenvalue weighted by molar-refractivity contribution is 9.10. The zero-order valence-electron chi connectivity index (χ0n) is 8.95. The molecule has 0 aliphatic carbocycles. The minimum Gasteiger partial charge on any atom is -0.478 e. The number of carboxylic acid groups (broad SMARTS) is 1. The van der Waals surface area contributed by atoms with Crippen molar-refractivity contribution in [3.63, 3.8) is 0 Å². The van der Waals surface area contributed by atoms with Crippen molar-refractivity contribution in [2.75, 3.05) is 0 Å². The summed E-state index contributed by atoms with van der Waals surface area (Å²) in [6.07, 6.45) is 0. The van der Waals surface area contributed by atoms with E-state index in [9.17, 15) is 9.18 Å². The van der Waals surface area contributed by atoms with Gasteiger partial charge in [-0.25, -0.2) is 9.18 Å². The number of benzene rings is 2. The number of carbonyl (C=O) groups is 1.